The Morgan fingerprint density at radius 2 is 0.880 bits per heavy atom. The summed E-state index contributed by atoms with van der Waals surface area (Å²) >= 11 is 0. The third-order valence-corrected chi connectivity index (χ3v) is 15.4. The zero-order chi connectivity index (χ0) is 54.6. The molecule has 2 aliphatic rings. The molecule has 75 heavy (non-hydrogen) atoms. The van der Waals surface area contributed by atoms with Crippen LogP contribution in [-0.4, -0.2) is 140 Å². The van der Waals surface area contributed by atoms with E-state index in [4.69, 9.17) is 18.9 Å². The molecule has 0 spiro atoms. The molecule has 2 heterocycles. The number of ether oxygens (including phenoxy) is 4. The Kier molecular flexibility index (Phi) is 43.9. The van der Waals surface area contributed by atoms with E-state index in [9.17, 15) is 45.6 Å². The first-order valence-corrected chi connectivity index (χ1v) is 31.1. The number of aliphatic hydroxyl groups excluding tert-OH is 8. The van der Waals surface area contributed by atoms with Gasteiger partial charge in [0, 0.05) is 6.42 Å². The fourth-order valence-corrected chi connectivity index (χ4v) is 10.4. The minimum absolute atomic E-state index is 0.211. The van der Waals surface area contributed by atoms with Gasteiger partial charge >= 0.3 is 0 Å². The Morgan fingerprint density at radius 3 is 1.33 bits per heavy atom. The van der Waals surface area contributed by atoms with Crippen LogP contribution < -0.4 is 5.32 Å². The first-order chi connectivity index (χ1) is 36.6. The maximum Gasteiger partial charge on any atom is 0.220 e. The summed E-state index contributed by atoms with van der Waals surface area (Å²) in [4.78, 5) is 13.1. The number of amides is 1. The van der Waals surface area contributed by atoms with E-state index in [1.54, 1.807) is 0 Å². The average Bonchev–Trinajstić information content (AvgIpc) is 3.41. The second kappa shape index (κ2) is 47.3. The van der Waals surface area contributed by atoms with Crippen molar-refractivity contribution in [3.8, 4) is 0 Å². The molecule has 0 bridgehead atoms. The minimum atomic E-state index is -1.78. The van der Waals surface area contributed by atoms with E-state index >= 15 is 0 Å². The number of nitrogens with one attached hydrogen (secondary N) is 1. The highest BCUT2D eigenvalue weighted by atomic mass is 16.7. The van der Waals surface area contributed by atoms with Crippen LogP contribution in [0, 0.1) is 0 Å². The molecular weight excluding hydrogens is 955 g/mol. The molecule has 0 aliphatic carbocycles. The third kappa shape index (κ3) is 33.0. The van der Waals surface area contributed by atoms with Crippen LogP contribution in [0.4, 0.5) is 0 Å². The monoisotopic (exact) mass is 1070 g/mol. The SMILES string of the molecule is CCCCCCC/C=C\C/C=C\CCCCCCCCCCCCCCCCCCCCCCCCCCCC(=O)NC(COC1OC(CO)C(OC2OC(CO)C(O)C(O)C2O)C(O)C1O)C(O)CCCCCC. The number of carbonyl (C=O) groups is 1. The van der Waals surface area contributed by atoms with Gasteiger partial charge in [-0.05, 0) is 44.9 Å². The van der Waals surface area contributed by atoms with Crippen molar-refractivity contribution in [3.05, 3.63) is 24.3 Å². The molecule has 9 N–H and O–H groups in total. The Hall–Kier alpha value is -1.53. The van der Waals surface area contributed by atoms with Gasteiger partial charge in [0.15, 0.2) is 12.6 Å². The van der Waals surface area contributed by atoms with Crippen LogP contribution in [0.2, 0.25) is 0 Å². The lowest BCUT2D eigenvalue weighted by molar-refractivity contribution is -0.359. The molecule has 14 nitrogen and oxygen atoms in total. The van der Waals surface area contributed by atoms with Crippen LogP contribution in [0.5, 0.6) is 0 Å². The third-order valence-electron chi connectivity index (χ3n) is 15.4. The maximum absolute atomic E-state index is 13.1. The lowest BCUT2D eigenvalue weighted by Gasteiger charge is -2.46. The van der Waals surface area contributed by atoms with E-state index in [0.717, 1.165) is 57.8 Å². The quantitative estimate of drug-likeness (QED) is 0.0204. The van der Waals surface area contributed by atoms with Crippen LogP contribution in [0.1, 0.15) is 264 Å². The summed E-state index contributed by atoms with van der Waals surface area (Å²) in [5, 5.41) is 86.4. The van der Waals surface area contributed by atoms with Gasteiger partial charge in [-0.2, -0.15) is 0 Å². The summed E-state index contributed by atoms with van der Waals surface area (Å²) in [5.41, 5.74) is 0. The number of aliphatic hydroxyl groups is 8. The number of carbonyl (C=O) groups excluding carboxylic acids is 1. The van der Waals surface area contributed by atoms with Crippen LogP contribution in [-0.2, 0) is 23.7 Å². The van der Waals surface area contributed by atoms with Gasteiger partial charge in [-0.3, -0.25) is 4.79 Å². The van der Waals surface area contributed by atoms with E-state index < -0.39 is 86.8 Å². The smallest absolute Gasteiger partial charge is 0.220 e. The largest absolute Gasteiger partial charge is 0.394 e. The molecule has 14 heteroatoms. The number of rotatable bonds is 50. The van der Waals surface area contributed by atoms with Crippen LogP contribution in [0.3, 0.4) is 0 Å². The van der Waals surface area contributed by atoms with Gasteiger partial charge in [0.05, 0.1) is 32.0 Å². The van der Waals surface area contributed by atoms with Gasteiger partial charge in [-0.15, -0.1) is 0 Å². The van der Waals surface area contributed by atoms with E-state index in [-0.39, 0.29) is 12.5 Å². The normalized spacial score (nSPS) is 25.1. The van der Waals surface area contributed by atoms with E-state index in [0.29, 0.717) is 12.8 Å². The van der Waals surface area contributed by atoms with Gasteiger partial charge in [-0.1, -0.05) is 237 Å². The Balaban J connectivity index is 1.46. The minimum Gasteiger partial charge on any atom is -0.394 e. The highest BCUT2D eigenvalue weighted by Gasteiger charge is 2.51. The summed E-state index contributed by atoms with van der Waals surface area (Å²) in [5.74, 6) is -0.211. The van der Waals surface area contributed by atoms with E-state index in [2.05, 4.69) is 43.5 Å². The second-order valence-corrected chi connectivity index (χ2v) is 22.2. The van der Waals surface area contributed by atoms with Gasteiger partial charge in [0.1, 0.15) is 48.8 Å². The lowest BCUT2D eigenvalue weighted by atomic mass is 9.97. The number of hydrogen-bond acceptors (Lipinski definition) is 13. The van der Waals surface area contributed by atoms with Gasteiger partial charge in [-0.25, -0.2) is 0 Å². The van der Waals surface area contributed by atoms with Gasteiger partial charge < -0.3 is 65.1 Å². The summed E-state index contributed by atoms with van der Waals surface area (Å²) in [7, 11) is 0. The molecule has 0 radical (unpaired) electrons. The molecule has 0 saturated carbocycles. The highest BCUT2D eigenvalue weighted by Crippen LogP contribution is 2.30. The highest BCUT2D eigenvalue weighted by molar-refractivity contribution is 5.76. The molecule has 12 atom stereocenters. The summed E-state index contributed by atoms with van der Waals surface area (Å²) in [6, 6.07) is -0.821. The predicted octanol–water partition coefficient (Wildman–Crippen LogP) is 10.8. The van der Waals surface area contributed by atoms with Gasteiger partial charge in [0.2, 0.25) is 5.91 Å². The molecule has 2 rings (SSSR count). The topological polar surface area (TPSA) is 228 Å². The average molecular weight is 1070 g/mol. The molecule has 0 aromatic rings. The van der Waals surface area contributed by atoms with Gasteiger partial charge in [0.25, 0.3) is 0 Å². The van der Waals surface area contributed by atoms with Crippen molar-refractivity contribution in [2.24, 2.45) is 0 Å². The Labute approximate surface area is 456 Å². The molecule has 0 aromatic carbocycles. The molecule has 0 aromatic heterocycles. The van der Waals surface area contributed by atoms with Crippen molar-refractivity contribution in [1.82, 2.24) is 5.32 Å². The van der Waals surface area contributed by atoms with Crippen molar-refractivity contribution in [3.63, 3.8) is 0 Å². The zero-order valence-corrected chi connectivity index (χ0v) is 47.6. The first kappa shape index (κ1) is 69.6. The Bertz CT molecular complexity index is 1350. The molecule has 2 saturated heterocycles. The van der Waals surface area contributed by atoms with Crippen LogP contribution in [0.15, 0.2) is 24.3 Å². The van der Waals surface area contributed by atoms with Crippen molar-refractivity contribution < 1.29 is 64.6 Å². The van der Waals surface area contributed by atoms with E-state index in [1.165, 1.54) is 180 Å². The first-order valence-electron chi connectivity index (χ1n) is 31.1. The standard InChI is InChI=1S/C61H115NO13/c1-3-5-7-9-10-11-12-13-14-15-16-17-18-19-20-21-22-23-24-25-26-27-28-29-30-31-32-33-34-35-36-37-38-39-40-41-43-45-53(66)62-49(50(65)44-42-8-6-4-2)48-72-60-58(71)56(69)59(52(47-64)74-60)75-61-57(70)55(68)54(67)51(46-63)73-61/h12-13,15-16,49-52,54-61,63-65,67-71H,3-11,14,17-48H2,1-2H3,(H,62,66)/b13-12-,16-15-. The molecular formula is C61H115NO13. The summed E-state index contributed by atoms with van der Waals surface area (Å²) in [6.45, 7) is 2.73. The number of hydrogen-bond donors (Lipinski definition) is 9. The van der Waals surface area contributed by atoms with Crippen molar-refractivity contribution >= 4 is 5.91 Å². The summed E-state index contributed by atoms with van der Waals surface area (Å²) < 4.78 is 22.6. The number of allylic oxidation sites excluding steroid dienone is 4. The number of unbranched alkanes of at least 4 members (excludes halogenated alkanes) is 33. The second-order valence-electron chi connectivity index (χ2n) is 22.2. The zero-order valence-electron chi connectivity index (χ0n) is 47.6. The molecule has 442 valence electrons. The molecule has 2 fully saturated rings. The van der Waals surface area contributed by atoms with Crippen molar-refractivity contribution in [2.45, 2.75) is 338 Å². The molecule has 2 aliphatic heterocycles. The Morgan fingerprint density at radius 1 is 0.480 bits per heavy atom. The van der Waals surface area contributed by atoms with Crippen molar-refractivity contribution in [2.75, 3.05) is 19.8 Å². The van der Waals surface area contributed by atoms with E-state index in [1.807, 2.05) is 0 Å². The van der Waals surface area contributed by atoms with Crippen molar-refractivity contribution in [1.29, 1.82) is 0 Å². The fraction of sp³-hybridized carbons (Fsp3) is 0.918. The fourth-order valence-electron chi connectivity index (χ4n) is 10.4. The summed E-state index contributed by atoms with van der Waals surface area (Å²) in [6.07, 6.45) is 40.4. The van der Waals surface area contributed by atoms with Crippen LogP contribution in [0.25, 0.3) is 0 Å². The molecule has 1 amide bonds. The predicted molar refractivity (Wildman–Crippen MR) is 300 cm³/mol. The maximum atomic E-state index is 13.1. The van der Waals surface area contributed by atoms with Crippen LogP contribution >= 0.6 is 0 Å². The lowest BCUT2D eigenvalue weighted by Crippen LogP contribution is -2.65. The molecule has 12 unspecified atom stereocenters.